The Labute approximate surface area is 71.0 Å². The van der Waals surface area contributed by atoms with E-state index in [0.29, 0.717) is 0 Å². The number of hydrogen-bond acceptors (Lipinski definition) is 6. The Balaban J connectivity index is 3.98. The van der Waals surface area contributed by atoms with Gasteiger partial charge in [-0.1, -0.05) is 0 Å². The standard InChI is InChI=1S/C5H12N2O4S/c6-2-1-5(8)11-12(9,10)4-3-7/h1-4,6-7H2. The molecule has 0 aliphatic heterocycles. The van der Waals surface area contributed by atoms with Crippen LogP contribution in [0.5, 0.6) is 0 Å². The van der Waals surface area contributed by atoms with E-state index in [2.05, 4.69) is 4.18 Å². The van der Waals surface area contributed by atoms with E-state index in [1.807, 2.05) is 0 Å². The van der Waals surface area contributed by atoms with Crippen molar-refractivity contribution in [2.45, 2.75) is 6.42 Å². The van der Waals surface area contributed by atoms with Gasteiger partial charge in [0.2, 0.25) is 0 Å². The smallest absolute Gasteiger partial charge is 0.323 e. The Morgan fingerprint density at radius 3 is 2.25 bits per heavy atom. The third-order valence-electron chi connectivity index (χ3n) is 0.936. The Hall–Kier alpha value is -0.660. The van der Waals surface area contributed by atoms with Crippen molar-refractivity contribution in [3.05, 3.63) is 0 Å². The van der Waals surface area contributed by atoms with Crippen LogP contribution in [-0.4, -0.2) is 33.2 Å². The average Bonchev–Trinajstić information content (AvgIpc) is 1.85. The molecule has 0 aromatic heterocycles. The topological polar surface area (TPSA) is 112 Å². The molecule has 0 aromatic rings. The maximum atomic E-state index is 10.8. The van der Waals surface area contributed by atoms with Crippen molar-refractivity contribution >= 4 is 16.1 Å². The zero-order chi connectivity index (χ0) is 9.61. The zero-order valence-electron chi connectivity index (χ0n) is 6.52. The molecule has 0 saturated heterocycles. The SMILES string of the molecule is NCCC(=O)OS(=O)(=O)CCN. The highest BCUT2D eigenvalue weighted by Gasteiger charge is 2.14. The summed E-state index contributed by atoms with van der Waals surface area (Å²) in [6.45, 7) is -0.00475. The fourth-order valence-electron chi connectivity index (χ4n) is 0.487. The van der Waals surface area contributed by atoms with Gasteiger partial charge < -0.3 is 15.7 Å². The van der Waals surface area contributed by atoms with Crippen LogP contribution in [0.1, 0.15) is 6.42 Å². The monoisotopic (exact) mass is 196 g/mol. The van der Waals surface area contributed by atoms with Gasteiger partial charge in [-0.2, -0.15) is 8.42 Å². The lowest BCUT2D eigenvalue weighted by Gasteiger charge is -2.02. The van der Waals surface area contributed by atoms with Crippen molar-refractivity contribution in [1.29, 1.82) is 0 Å². The van der Waals surface area contributed by atoms with E-state index in [9.17, 15) is 13.2 Å². The van der Waals surface area contributed by atoms with Gasteiger partial charge in [-0.25, -0.2) is 0 Å². The van der Waals surface area contributed by atoms with Gasteiger partial charge in [0.1, 0.15) is 0 Å². The Morgan fingerprint density at radius 1 is 1.25 bits per heavy atom. The predicted molar refractivity (Wildman–Crippen MR) is 42.6 cm³/mol. The highest BCUT2D eigenvalue weighted by atomic mass is 32.2. The van der Waals surface area contributed by atoms with Gasteiger partial charge in [0, 0.05) is 13.1 Å². The first-order valence-electron chi connectivity index (χ1n) is 3.37. The van der Waals surface area contributed by atoms with Gasteiger partial charge in [-0.05, 0) is 0 Å². The fraction of sp³-hybridized carbons (Fsp3) is 0.800. The summed E-state index contributed by atoms with van der Waals surface area (Å²) in [5.41, 5.74) is 9.97. The third kappa shape index (κ3) is 5.05. The van der Waals surface area contributed by atoms with Gasteiger partial charge in [0.25, 0.3) is 0 Å². The highest BCUT2D eigenvalue weighted by Crippen LogP contribution is 1.94. The number of rotatable bonds is 5. The molecule has 0 fully saturated rings. The normalized spacial score (nSPS) is 11.2. The van der Waals surface area contributed by atoms with Crippen LogP contribution in [-0.2, 0) is 19.1 Å². The summed E-state index contributed by atoms with van der Waals surface area (Å²) in [5.74, 6) is -1.20. The van der Waals surface area contributed by atoms with Crippen LogP contribution in [0, 0.1) is 0 Å². The number of carbonyl (C=O) groups excluding carboxylic acids is 1. The molecular formula is C5H12N2O4S. The van der Waals surface area contributed by atoms with Crippen LogP contribution in [0.25, 0.3) is 0 Å². The van der Waals surface area contributed by atoms with Crippen LogP contribution in [0.2, 0.25) is 0 Å². The molecule has 7 heteroatoms. The average molecular weight is 196 g/mol. The van der Waals surface area contributed by atoms with Crippen molar-refractivity contribution in [2.24, 2.45) is 11.5 Å². The molecule has 0 aliphatic carbocycles. The van der Waals surface area contributed by atoms with Crippen molar-refractivity contribution in [1.82, 2.24) is 0 Å². The van der Waals surface area contributed by atoms with E-state index in [-0.39, 0.29) is 25.3 Å². The van der Waals surface area contributed by atoms with Crippen LogP contribution in [0.3, 0.4) is 0 Å². The number of nitrogens with two attached hydrogens (primary N) is 2. The molecule has 0 amide bonds. The van der Waals surface area contributed by atoms with E-state index in [4.69, 9.17) is 11.5 Å². The molecule has 0 atom stereocenters. The Kier molecular flexibility index (Phi) is 4.79. The molecule has 72 valence electrons. The van der Waals surface area contributed by atoms with Gasteiger partial charge in [-0.15, -0.1) is 0 Å². The quantitative estimate of drug-likeness (QED) is 0.500. The molecule has 0 saturated carbocycles. The van der Waals surface area contributed by atoms with Crippen LogP contribution < -0.4 is 11.5 Å². The summed E-state index contributed by atoms with van der Waals surface area (Å²) in [7, 11) is -3.78. The van der Waals surface area contributed by atoms with Crippen LogP contribution in [0.4, 0.5) is 0 Å². The first kappa shape index (κ1) is 11.3. The van der Waals surface area contributed by atoms with Crippen LogP contribution >= 0.6 is 0 Å². The third-order valence-corrected chi connectivity index (χ3v) is 2.11. The minimum Gasteiger partial charge on any atom is -0.346 e. The first-order valence-corrected chi connectivity index (χ1v) is 4.94. The number of carbonyl (C=O) groups is 1. The predicted octanol–water partition coefficient (Wildman–Crippen LogP) is -1.83. The lowest BCUT2D eigenvalue weighted by molar-refractivity contribution is -0.133. The van der Waals surface area contributed by atoms with Crippen LogP contribution in [0.15, 0.2) is 0 Å². The lowest BCUT2D eigenvalue weighted by Crippen LogP contribution is -2.22. The molecule has 0 aromatic carbocycles. The van der Waals surface area contributed by atoms with Gasteiger partial charge >= 0.3 is 16.1 Å². The molecule has 0 unspecified atom stereocenters. The second-order valence-electron chi connectivity index (χ2n) is 2.04. The van der Waals surface area contributed by atoms with E-state index < -0.39 is 16.1 Å². The molecule has 12 heavy (non-hydrogen) atoms. The zero-order valence-corrected chi connectivity index (χ0v) is 7.34. The van der Waals surface area contributed by atoms with Gasteiger partial charge in [-0.3, -0.25) is 4.79 Å². The molecule has 0 aliphatic rings. The van der Waals surface area contributed by atoms with Gasteiger partial charge in [0.15, 0.2) is 0 Å². The second kappa shape index (κ2) is 5.07. The summed E-state index contributed by atoms with van der Waals surface area (Å²) in [6, 6.07) is 0. The van der Waals surface area contributed by atoms with Crippen molar-refractivity contribution in [3.8, 4) is 0 Å². The van der Waals surface area contributed by atoms with E-state index in [1.165, 1.54) is 0 Å². The molecule has 0 radical (unpaired) electrons. The highest BCUT2D eigenvalue weighted by molar-refractivity contribution is 7.87. The molecule has 0 heterocycles. The van der Waals surface area contributed by atoms with E-state index in [1.54, 1.807) is 0 Å². The summed E-state index contributed by atoms with van der Waals surface area (Å²) < 4.78 is 25.6. The molecule has 0 rings (SSSR count). The second-order valence-corrected chi connectivity index (χ2v) is 3.73. The summed E-state index contributed by atoms with van der Waals surface area (Å²) >= 11 is 0. The maximum absolute atomic E-state index is 10.8. The Bertz CT molecular complexity index is 236. The largest absolute Gasteiger partial charge is 0.346 e. The molecular weight excluding hydrogens is 184 g/mol. The molecule has 4 N–H and O–H groups in total. The summed E-state index contributed by atoms with van der Waals surface area (Å²) in [4.78, 5) is 10.6. The lowest BCUT2D eigenvalue weighted by atomic mass is 10.5. The fourth-order valence-corrected chi connectivity index (χ4v) is 1.23. The summed E-state index contributed by atoms with van der Waals surface area (Å²) in [6.07, 6.45) is -0.107. The van der Waals surface area contributed by atoms with Crippen molar-refractivity contribution in [2.75, 3.05) is 18.8 Å². The Morgan fingerprint density at radius 2 is 1.83 bits per heavy atom. The number of hydrogen-bond donors (Lipinski definition) is 2. The molecule has 0 bridgehead atoms. The van der Waals surface area contributed by atoms with E-state index in [0.717, 1.165) is 0 Å². The molecule has 6 nitrogen and oxygen atoms in total. The maximum Gasteiger partial charge on any atom is 0.323 e. The molecule has 0 spiro atoms. The minimum absolute atomic E-state index is 0.0664. The van der Waals surface area contributed by atoms with Gasteiger partial charge in [0.05, 0.1) is 12.2 Å². The van der Waals surface area contributed by atoms with Crippen molar-refractivity contribution in [3.63, 3.8) is 0 Å². The minimum atomic E-state index is -3.78. The van der Waals surface area contributed by atoms with E-state index >= 15 is 0 Å². The summed E-state index contributed by atoms with van der Waals surface area (Å²) in [5, 5.41) is 0. The van der Waals surface area contributed by atoms with Crippen molar-refractivity contribution < 1.29 is 17.4 Å². The first-order chi connectivity index (χ1) is 5.52.